The Labute approximate surface area is 220 Å². The molecule has 0 spiro atoms. The molecule has 16 heteroatoms. The second-order valence-corrected chi connectivity index (χ2v) is 9.17. The van der Waals surface area contributed by atoms with E-state index in [-0.39, 0.29) is 104 Å². The molecule has 0 radical (unpaired) electrons. The van der Waals surface area contributed by atoms with Crippen molar-refractivity contribution < 1.29 is 49.2 Å². The largest absolute Gasteiger partial charge is 0.480 e. The molecule has 1 aliphatic rings. The standard InChI is InChI=1S/C22H38N6O10/c1-24(13-19(31)32)11-17(29)10-23-18(30)12-25-2-4-26(14-20(33)34)6-8-28(16-22(37)38)9-7-27(5-3-25)15-21(35)36/h2-16H2,1H3,(H,23,30)(H,31,32)(H,33,34)(H,35,36)(H,37,38). The average Bonchev–Trinajstić information content (AvgIpc) is 2.77. The minimum absolute atomic E-state index is 0.120. The molecule has 1 aliphatic heterocycles. The van der Waals surface area contributed by atoms with Crippen LogP contribution in [0.3, 0.4) is 0 Å². The molecular formula is C22H38N6O10. The summed E-state index contributed by atoms with van der Waals surface area (Å²) in [6.07, 6.45) is 0. The first-order chi connectivity index (χ1) is 17.8. The number of carbonyl (C=O) groups excluding carboxylic acids is 2. The third kappa shape index (κ3) is 15.8. The number of carbonyl (C=O) groups is 6. The van der Waals surface area contributed by atoms with Crippen LogP contribution >= 0.6 is 0 Å². The van der Waals surface area contributed by atoms with E-state index < -0.39 is 29.8 Å². The molecule has 0 bridgehead atoms. The van der Waals surface area contributed by atoms with Crippen LogP contribution in [0.1, 0.15) is 0 Å². The second-order valence-electron chi connectivity index (χ2n) is 9.17. The number of Topliss-reactive ketones (excluding diaryl/α,β-unsaturated/α-hetero) is 1. The van der Waals surface area contributed by atoms with Gasteiger partial charge in [-0.05, 0) is 7.05 Å². The Bertz CT molecular complexity index is 809. The summed E-state index contributed by atoms with van der Waals surface area (Å²) in [7, 11) is 1.47. The molecule has 0 aromatic heterocycles. The number of carboxylic acids is 4. The van der Waals surface area contributed by atoms with Gasteiger partial charge in [-0.25, -0.2) is 0 Å². The molecule has 0 saturated carbocycles. The Hall–Kier alpha value is -3.18. The van der Waals surface area contributed by atoms with E-state index in [0.717, 1.165) is 0 Å². The molecule has 5 N–H and O–H groups in total. The molecule has 1 fully saturated rings. The smallest absolute Gasteiger partial charge is 0.317 e. The molecule has 216 valence electrons. The number of hydrogen-bond acceptors (Lipinski definition) is 11. The summed E-state index contributed by atoms with van der Waals surface area (Å²) in [5.41, 5.74) is 0. The molecule has 1 saturated heterocycles. The van der Waals surface area contributed by atoms with Gasteiger partial charge in [0, 0.05) is 52.4 Å². The molecule has 1 amide bonds. The highest BCUT2D eigenvalue weighted by Crippen LogP contribution is 2.01. The summed E-state index contributed by atoms with van der Waals surface area (Å²) >= 11 is 0. The molecule has 0 aromatic carbocycles. The van der Waals surface area contributed by atoms with Gasteiger partial charge in [0.05, 0.1) is 45.8 Å². The van der Waals surface area contributed by atoms with Crippen molar-refractivity contribution in [3.63, 3.8) is 0 Å². The molecular weight excluding hydrogens is 508 g/mol. The van der Waals surface area contributed by atoms with E-state index in [1.54, 1.807) is 19.6 Å². The Balaban J connectivity index is 2.84. The quantitative estimate of drug-likeness (QED) is 0.141. The van der Waals surface area contributed by atoms with Crippen LogP contribution in [0.4, 0.5) is 0 Å². The monoisotopic (exact) mass is 546 g/mol. The zero-order valence-corrected chi connectivity index (χ0v) is 21.6. The fourth-order valence-electron chi connectivity index (χ4n) is 3.88. The zero-order chi connectivity index (χ0) is 28.7. The maximum absolute atomic E-state index is 12.5. The number of rotatable bonds is 14. The summed E-state index contributed by atoms with van der Waals surface area (Å²) in [5, 5.41) is 39.0. The van der Waals surface area contributed by atoms with Crippen molar-refractivity contribution >= 4 is 35.6 Å². The third-order valence-electron chi connectivity index (χ3n) is 5.71. The molecule has 0 unspecified atom stereocenters. The number of carboxylic acid groups (broad SMARTS) is 4. The van der Waals surface area contributed by atoms with Gasteiger partial charge < -0.3 is 25.7 Å². The van der Waals surface area contributed by atoms with Crippen LogP contribution in [0, 0.1) is 0 Å². The number of hydrogen-bond donors (Lipinski definition) is 5. The normalized spacial score (nSPS) is 17.3. The highest BCUT2D eigenvalue weighted by molar-refractivity contribution is 5.88. The fraction of sp³-hybridized carbons (Fsp3) is 0.727. The van der Waals surface area contributed by atoms with E-state index in [0.29, 0.717) is 0 Å². The van der Waals surface area contributed by atoms with Gasteiger partial charge in [0.15, 0.2) is 5.78 Å². The number of ketones is 1. The molecule has 1 rings (SSSR count). The Morgan fingerprint density at radius 1 is 0.579 bits per heavy atom. The lowest BCUT2D eigenvalue weighted by Gasteiger charge is -2.32. The fourth-order valence-corrected chi connectivity index (χ4v) is 3.88. The highest BCUT2D eigenvalue weighted by Gasteiger charge is 2.21. The van der Waals surface area contributed by atoms with Gasteiger partial charge in [0.2, 0.25) is 5.91 Å². The number of nitrogens with zero attached hydrogens (tertiary/aromatic N) is 5. The van der Waals surface area contributed by atoms with E-state index >= 15 is 0 Å². The van der Waals surface area contributed by atoms with E-state index in [4.69, 9.17) is 5.11 Å². The van der Waals surface area contributed by atoms with Gasteiger partial charge in [0.1, 0.15) is 0 Å². The van der Waals surface area contributed by atoms with Gasteiger partial charge in [-0.15, -0.1) is 0 Å². The lowest BCUT2D eigenvalue weighted by Crippen LogP contribution is -2.50. The third-order valence-corrected chi connectivity index (χ3v) is 5.71. The van der Waals surface area contributed by atoms with Crippen LogP contribution in [-0.4, -0.2) is 186 Å². The van der Waals surface area contributed by atoms with Crippen molar-refractivity contribution in [3.05, 3.63) is 0 Å². The maximum atomic E-state index is 12.5. The number of nitrogens with one attached hydrogen (secondary N) is 1. The lowest BCUT2D eigenvalue weighted by atomic mass is 10.3. The van der Waals surface area contributed by atoms with Crippen molar-refractivity contribution in [2.75, 3.05) is 105 Å². The molecule has 1 heterocycles. The van der Waals surface area contributed by atoms with Crippen LogP contribution in [0.25, 0.3) is 0 Å². The number of amides is 1. The van der Waals surface area contributed by atoms with Gasteiger partial charge in [0.25, 0.3) is 0 Å². The van der Waals surface area contributed by atoms with Crippen LogP contribution < -0.4 is 5.32 Å². The first-order valence-corrected chi connectivity index (χ1v) is 12.1. The summed E-state index contributed by atoms with van der Waals surface area (Å²) in [6.45, 7) is 0.436. The Kier molecular flexibility index (Phi) is 15.0. The highest BCUT2D eigenvalue weighted by atomic mass is 16.4. The topological polar surface area (TPSA) is 212 Å². The molecule has 38 heavy (non-hydrogen) atoms. The summed E-state index contributed by atoms with van der Waals surface area (Å²) in [5.74, 6) is -5.06. The van der Waals surface area contributed by atoms with Gasteiger partial charge in [-0.3, -0.25) is 53.3 Å². The first kappa shape index (κ1) is 32.8. The predicted molar refractivity (Wildman–Crippen MR) is 132 cm³/mol. The lowest BCUT2D eigenvalue weighted by molar-refractivity contribution is -0.140. The first-order valence-electron chi connectivity index (χ1n) is 12.1. The Morgan fingerprint density at radius 2 is 0.921 bits per heavy atom. The molecule has 0 atom stereocenters. The van der Waals surface area contributed by atoms with Gasteiger partial charge in [-0.2, -0.15) is 0 Å². The van der Waals surface area contributed by atoms with E-state index in [2.05, 4.69) is 5.32 Å². The van der Waals surface area contributed by atoms with Crippen molar-refractivity contribution in [1.29, 1.82) is 0 Å². The maximum Gasteiger partial charge on any atom is 0.317 e. The molecule has 16 nitrogen and oxygen atoms in total. The Morgan fingerprint density at radius 3 is 1.24 bits per heavy atom. The SMILES string of the molecule is CN(CC(=O)O)CC(=O)CNC(=O)CN1CCN(CC(=O)O)CCN(CC(=O)O)CCN(CC(=O)O)CC1. The van der Waals surface area contributed by atoms with Crippen LogP contribution in [-0.2, 0) is 28.8 Å². The predicted octanol–water partition coefficient (Wildman–Crippen LogP) is -3.84. The average molecular weight is 547 g/mol. The summed E-state index contributed by atoms with van der Waals surface area (Å²) < 4.78 is 0. The van der Waals surface area contributed by atoms with Crippen LogP contribution in [0.2, 0.25) is 0 Å². The van der Waals surface area contributed by atoms with E-state index in [9.17, 15) is 44.1 Å². The zero-order valence-electron chi connectivity index (χ0n) is 21.6. The summed E-state index contributed by atoms with van der Waals surface area (Å²) in [4.78, 5) is 77.1. The van der Waals surface area contributed by atoms with Crippen molar-refractivity contribution in [3.8, 4) is 0 Å². The van der Waals surface area contributed by atoms with Gasteiger partial charge in [-0.1, -0.05) is 0 Å². The minimum Gasteiger partial charge on any atom is -0.480 e. The minimum atomic E-state index is -1.08. The number of likely N-dealkylation sites (N-methyl/N-ethyl adjacent to an activating group) is 1. The molecule has 0 aliphatic carbocycles. The van der Waals surface area contributed by atoms with Crippen molar-refractivity contribution in [2.45, 2.75) is 0 Å². The second kappa shape index (κ2) is 17.4. The van der Waals surface area contributed by atoms with Crippen LogP contribution in [0.5, 0.6) is 0 Å². The van der Waals surface area contributed by atoms with E-state index in [1.165, 1.54) is 11.9 Å². The van der Waals surface area contributed by atoms with Crippen molar-refractivity contribution in [1.82, 2.24) is 29.8 Å². The van der Waals surface area contributed by atoms with Gasteiger partial charge >= 0.3 is 23.9 Å². The number of aliphatic carboxylic acids is 4. The van der Waals surface area contributed by atoms with Crippen LogP contribution in [0.15, 0.2) is 0 Å². The summed E-state index contributed by atoms with van der Waals surface area (Å²) in [6, 6.07) is 0. The molecule has 0 aromatic rings. The van der Waals surface area contributed by atoms with E-state index in [1.807, 2.05) is 0 Å². The van der Waals surface area contributed by atoms with Crippen molar-refractivity contribution in [2.24, 2.45) is 0 Å².